The zero-order valence-corrected chi connectivity index (χ0v) is 28.8. The summed E-state index contributed by atoms with van der Waals surface area (Å²) in [5, 5.41) is 14.0. The quantitative estimate of drug-likeness (QED) is 0.188. The Morgan fingerprint density at radius 1 is 1.09 bits per heavy atom. The minimum atomic E-state index is -1.04. The number of aryl methyl sites for hydroxylation is 1. The van der Waals surface area contributed by atoms with E-state index in [0.717, 1.165) is 72.5 Å². The first-order valence-corrected chi connectivity index (χ1v) is 17.4. The molecule has 5 rings (SSSR count). The molecule has 5 unspecified atom stereocenters. The number of benzene rings is 2. The van der Waals surface area contributed by atoms with Gasteiger partial charge in [-0.3, -0.25) is 9.79 Å². The molecule has 0 saturated carbocycles. The Labute approximate surface area is 279 Å². The van der Waals surface area contributed by atoms with Gasteiger partial charge in [-0.25, -0.2) is 4.79 Å². The molecule has 250 valence electrons. The number of carboxylic acid groups (broad SMARTS) is 1. The lowest BCUT2D eigenvalue weighted by Crippen LogP contribution is -2.29. The van der Waals surface area contributed by atoms with Crippen molar-refractivity contribution in [2.24, 2.45) is 22.7 Å². The number of aliphatic imine (C=N–C) groups is 1. The predicted molar refractivity (Wildman–Crippen MR) is 189 cm³/mol. The number of fused-ring (bicyclic) bond motifs is 2. The number of anilines is 1. The van der Waals surface area contributed by atoms with Crippen molar-refractivity contribution in [2.45, 2.75) is 85.7 Å². The third-order valence-electron chi connectivity index (χ3n) is 9.75. The van der Waals surface area contributed by atoms with Gasteiger partial charge in [-0.1, -0.05) is 37.3 Å². The number of nitrogens with zero attached hydrogens (tertiary/aromatic N) is 1. The average molecular weight is 639 g/mol. The zero-order valence-electron chi connectivity index (χ0n) is 28.8. The molecular formula is C40H50N2O5. The lowest BCUT2D eigenvalue weighted by atomic mass is 9.72. The number of carboxylic acids is 1. The SMILES string of the molecule is CC/N=C1/C=C2Oc3cc(NCC)c(C)cc3C(c3ccc(C(=O)C(C)CC4/C=C/CCC(OCC)CC4)cc3C(=O)O)C2C=C1C. The summed E-state index contributed by atoms with van der Waals surface area (Å²) in [5.74, 6) is -0.107. The van der Waals surface area contributed by atoms with E-state index >= 15 is 0 Å². The van der Waals surface area contributed by atoms with Crippen LogP contribution in [0.15, 0.2) is 71.0 Å². The number of hydrogen-bond acceptors (Lipinski definition) is 6. The van der Waals surface area contributed by atoms with E-state index in [9.17, 15) is 14.7 Å². The maximum absolute atomic E-state index is 13.8. The summed E-state index contributed by atoms with van der Waals surface area (Å²) in [5.41, 5.74) is 6.14. The number of ether oxygens (including phenoxy) is 2. The summed E-state index contributed by atoms with van der Waals surface area (Å²) < 4.78 is 12.4. The van der Waals surface area contributed by atoms with Crippen LogP contribution >= 0.6 is 0 Å². The van der Waals surface area contributed by atoms with E-state index in [1.54, 1.807) is 6.07 Å². The molecule has 0 fully saturated rings. The van der Waals surface area contributed by atoms with Crippen LogP contribution in [-0.4, -0.2) is 48.4 Å². The van der Waals surface area contributed by atoms with E-state index in [4.69, 9.17) is 9.47 Å². The number of nitrogens with one attached hydrogen (secondary N) is 1. The van der Waals surface area contributed by atoms with Crippen LogP contribution in [0, 0.1) is 24.7 Å². The lowest BCUT2D eigenvalue weighted by molar-refractivity contribution is 0.0462. The van der Waals surface area contributed by atoms with Crippen molar-refractivity contribution < 1.29 is 24.2 Å². The molecule has 1 heterocycles. The molecule has 5 atom stereocenters. The highest BCUT2D eigenvalue weighted by molar-refractivity contribution is 6.09. The van der Waals surface area contributed by atoms with Gasteiger partial charge in [-0.2, -0.15) is 0 Å². The van der Waals surface area contributed by atoms with E-state index in [-0.39, 0.29) is 41.1 Å². The van der Waals surface area contributed by atoms with E-state index in [1.165, 1.54) is 0 Å². The van der Waals surface area contributed by atoms with E-state index < -0.39 is 5.97 Å². The Balaban J connectivity index is 1.50. The molecule has 7 heteroatoms. The van der Waals surface area contributed by atoms with E-state index in [2.05, 4.69) is 48.5 Å². The van der Waals surface area contributed by atoms with Crippen LogP contribution in [0.25, 0.3) is 0 Å². The molecule has 2 N–H and O–H groups in total. The van der Waals surface area contributed by atoms with Gasteiger partial charge in [0.25, 0.3) is 0 Å². The molecule has 0 bridgehead atoms. The van der Waals surface area contributed by atoms with Crippen molar-refractivity contribution in [3.05, 3.63) is 93.8 Å². The molecule has 2 aromatic carbocycles. The first kappa shape index (κ1) is 34.4. The summed E-state index contributed by atoms with van der Waals surface area (Å²) in [6.45, 7) is 14.3. The van der Waals surface area contributed by atoms with Crippen LogP contribution in [-0.2, 0) is 4.74 Å². The van der Waals surface area contributed by atoms with Gasteiger partial charge in [0.05, 0.1) is 17.4 Å². The maximum atomic E-state index is 13.8. The lowest BCUT2D eigenvalue weighted by Gasteiger charge is -2.37. The second-order valence-electron chi connectivity index (χ2n) is 13.1. The van der Waals surface area contributed by atoms with E-state index in [0.29, 0.717) is 30.0 Å². The number of aromatic carboxylic acids is 1. The van der Waals surface area contributed by atoms with Crippen LogP contribution in [0.1, 0.15) is 110 Å². The highest BCUT2D eigenvalue weighted by atomic mass is 16.5. The monoisotopic (exact) mass is 638 g/mol. The minimum Gasteiger partial charge on any atom is -0.478 e. The zero-order chi connectivity index (χ0) is 33.7. The largest absolute Gasteiger partial charge is 0.478 e. The number of allylic oxidation sites excluding steroid dienone is 5. The summed E-state index contributed by atoms with van der Waals surface area (Å²) in [6, 6.07) is 9.40. The number of Topliss-reactive ketones (excluding diaryl/α,β-unsaturated/α-hetero) is 1. The van der Waals surface area contributed by atoms with Gasteiger partial charge in [-0.15, -0.1) is 0 Å². The number of hydrogen-bond donors (Lipinski definition) is 2. The third kappa shape index (κ3) is 7.62. The Morgan fingerprint density at radius 2 is 1.89 bits per heavy atom. The summed E-state index contributed by atoms with van der Waals surface area (Å²) in [6.07, 6.45) is 13.6. The van der Waals surface area contributed by atoms with Crippen molar-refractivity contribution in [3.63, 3.8) is 0 Å². The molecule has 0 radical (unpaired) electrons. The first-order valence-electron chi connectivity index (χ1n) is 17.4. The first-order chi connectivity index (χ1) is 22.6. The number of ketones is 1. The second-order valence-corrected chi connectivity index (χ2v) is 13.1. The fourth-order valence-corrected chi connectivity index (χ4v) is 7.41. The molecule has 1 aliphatic heterocycles. The third-order valence-corrected chi connectivity index (χ3v) is 9.75. The smallest absolute Gasteiger partial charge is 0.336 e. The van der Waals surface area contributed by atoms with Crippen LogP contribution < -0.4 is 10.1 Å². The number of carbonyl (C=O) groups excluding carboxylic acids is 1. The highest BCUT2D eigenvalue weighted by Gasteiger charge is 2.39. The van der Waals surface area contributed by atoms with Crippen molar-refractivity contribution in [1.82, 2.24) is 0 Å². The summed E-state index contributed by atoms with van der Waals surface area (Å²) >= 11 is 0. The predicted octanol–water partition coefficient (Wildman–Crippen LogP) is 8.93. The fraction of sp³-hybridized carbons (Fsp3) is 0.475. The molecule has 0 aromatic heterocycles. The normalized spacial score (nSPS) is 24.4. The van der Waals surface area contributed by atoms with Gasteiger partial charge in [-0.05, 0) is 101 Å². The molecule has 0 saturated heterocycles. The standard InChI is InChI=1S/C40H50N2O5/c1-7-41-34-22-36-32(19-24(34)4)38(33-20-25(5)35(42-8-2)23-37(33)47-36)30-17-15-28(21-31(30)40(44)45)39(43)26(6)18-27-12-10-11-13-29(16-14-27)46-9-3/h10,12,15,17,19-23,26-27,29,32,38,42H,7-9,11,13-14,16,18H2,1-6H3,(H,44,45)/b12-10+,41-34-. The van der Waals surface area contributed by atoms with Crippen LogP contribution in [0.5, 0.6) is 5.75 Å². The second kappa shape index (κ2) is 15.3. The van der Waals surface area contributed by atoms with Crippen molar-refractivity contribution in [2.75, 3.05) is 25.0 Å². The van der Waals surface area contributed by atoms with Crippen molar-refractivity contribution in [1.29, 1.82) is 0 Å². The Kier molecular flexibility index (Phi) is 11.2. The average Bonchev–Trinajstić information content (AvgIpc) is 3.03. The Bertz CT molecular complexity index is 1620. The van der Waals surface area contributed by atoms with Gasteiger partial charge in [0.2, 0.25) is 0 Å². The number of carbonyl (C=O) groups is 2. The van der Waals surface area contributed by atoms with Gasteiger partial charge >= 0.3 is 5.97 Å². The molecule has 0 amide bonds. The molecule has 2 aromatic rings. The van der Waals surface area contributed by atoms with Gasteiger partial charge in [0.1, 0.15) is 11.5 Å². The van der Waals surface area contributed by atoms with Crippen LogP contribution in [0.4, 0.5) is 5.69 Å². The molecular weight excluding hydrogens is 588 g/mol. The van der Waals surface area contributed by atoms with Crippen LogP contribution in [0.3, 0.4) is 0 Å². The summed E-state index contributed by atoms with van der Waals surface area (Å²) in [7, 11) is 0. The van der Waals surface area contributed by atoms with Gasteiger partial charge in [0, 0.05) is 66.4 Å². The highest BCUT2D eigenvalue weighted by Crippen LogP contribution is 2.50. The molecule has 2 aliphatic carbocycles. The van der Waals surface area contributed by atoms with Crippen LogP contribution in [0.2, 0.25) is 0 Å². The fourth-order valence-electron chi connectivity index (χ4n) is 7.41. The Morgan fingerprint density at radius 3 is 2.62 bits per heavy atom. The van der Waals surface area contributed by atoms with Crippen molar-refractivity contribution in [3.8, 4) is 5.75 Å². The molecule has 0 spiro atoms. The minimum absolute atomic E-state index is 0.0243. The molecule has 47 heavy (non-hydrogen) atoms. The van der Waals surface area contributed by atoms with Gasteiger partial charge in [0.15, 0.2) is 5.78 Å². The van der Waals surface area contributed by atoms with Gasteiger partial charge < -0.3 is 19.9 Å². The number of rotatable bonds is 11. The Hall–Kier alpha value is -3.97. The van der Waals surface area contributed by atoms with Crippen molar-refractivity contribution >= 4 is 23.2 Å². The maximum Gasteiger partial charge on any atom is 0.336 e. The summed E-state index contributed by atoms with van der Waals surface area (Å²) in [4.78, 5) is 31.4. The molecule has 3 aliphatic rings. The van der Waals surface area contributed by atoms with E-state index in [1.807, 2.05) is 52.0 Å². The topological polar surface area (TPSA) is 97.2 Å². The molecule has 7 nitrogen and oxygen atoms in total.